The summed E-state index contributed by atoms with van der Waals surface area (Å²) < 4.78 is 15.2. The van der Waals surface area contributed by atoms with Crippen molar-refractivity contribution >= 4 is 34.7 Å². The van der Waals surface area contributed by atoms with Crippen molar-refractivity contribution in [2.45, 2.75) is 56.6 Å². The number of hydrogen-bond acceptors (Lipinski definition) is 9. The summed E-state index contributed by atoms with van der Waals surface area (Å²) in [4.78, 5) is 43.2. The molecule has 2 fully saturated rings. The minimum Gasteiger partial charge on any atom is -0.431 e. The van der Waals surface area contributed by atoms with Gasteiger partial charge in [-0.2, -0.15) is 0 Å². The number of hydrogen-bond donors (Lipinski definition) is 1. The highest BCUT2D eigenvalue weighted by molar-refractivity contribution is 8.09. The fourth-order valence-electron chi connectivity index (χ4n) is 4.03. The lowest BCUT2D eigenvalue weighted by Gasteiger charge is -2.43. The molecule has 1 aromatic heterocycles. The van der Waals surface area contributed by atoms with Gasteiger partial charge in [0.1, 0.15) is 17.2 Å². The van der Waals surface area contributed by atoms with Gasteiger partial charge >= 0.3 is 12.1 Å². The Bertz CT molecular complexity index is 883. The monoisotopic (exact) mass is 448 g/mol. The normalized spacial score (nSPS) is 24.3. The molecule has 9 nitrogen and oxygen atoms in total. The Morgan fingerprint density at radius 1 is 1.29 bits per heavy atom. The van der Waals surface area contributed by atoms with Gasteiger partial charge in [0.05, 0.1) is 12.0 Å². The fourth-order valence-corrected chi connectivity index (χ4v) is 5.62. The molecule has 1 aromatic rings. The van der Waals surface area contributed by atoms with E-state index in [4.69, 9.17) is 14.2 Å². The zero-order chi connectivity index (χ0) is 22.0. The second-order valence-electron chi connectivity index (χ2n) is 7.72. The van der Waals surface area contributed by atoms with Crippen molar-refractivity contribution < 1.29 is 33.7 Å². The predicted molar refractivity (Wildman–Crippen MR) is 110 cm³/mol. The highest BCUT2D eigenvalue weighted by Crippen LogP contribution is 2.53. The number of thioether (sulfide) groups is 1. The van der Waals surface area contributed by atoms with Crippen LogP contribution in [0.1, 0.15) is 44.6 Å². The molecular formula is C21H24N2O7S. The van der Waals surface area contributed by atoms with E-state index in [-0.39, 0.29) is 17.7 Å². The van der Waals surface area contributed by atoms with Crippen molar-refractivity contribution in [3.05, 3.63) is 35.8 Å². The molecule has 1 aliphatic carbocycles. The van der Waals surface area contributed by atoms with Gasteiger partial charge in [0, 0.05) is 22.9 Å². The van der Waals surface area contributed by atoms with Crippen LogP contribution in [0.15, 0.2) is 30.2 Å². The van der Waals surface area contributed by atoms with E-state index in [1.165, 1.54) is 16.7 Å². The molecular weight excluding hydrogens is 424 g/mol. The molecule has 4 rings (SSSR count). The summed E-state index contributed by atoms with van der Waals surface area (Å²) in [6.45, 7) is 0.928. The number of aromatic nitrogens is 1. The first-order valence-corrected chi connectivity index (χ1v) is 11.2. The maximum atomic E-state index is 12.8. The lowest BCUT2D eigenvalue weighted by Crippen LogP contribution is -2.60. The van der Waals surface area contributed by atoms with Crippen molar-refractivity contribution in [2.24, 2.45) is 5.92 Å². The Morgan fingerprint density at radius 2 is 2.06 bits per heavy atom. The number of ether oxygens (including phenoxy) is 3. The summed E-state index contributed by atoms with van der Waals surface area (Å²) in [5.74, 6) is -1.75. The molecule has 1 amide bonds. The third kappa shape index (κ3) is 4.40. The fraction of sp³-hybridized carbons (Fsp3) is 0.524. The Kier molecular flexibility index (Phi) is 6.47. The molecule has 0 aromatic carbocycles. The topological polar surface area (TPSA) is 115 Å². The summed E-state index contributed by atoms with van der Waals surface area (Å²) in [6, 6.07) is 3.49. The van der Waals surface area contributed by atoms with Gasteiger partial charge in [-0.15, -0.1) is 0 Å². The van der Waals surface area contributed by atoms with Crippen LogP contribution in [0.3, 0.4) is 0 Å². The van der Waals surface area contributed by atoms with E-state index in [1.54, 1.807) is 31.5 Å². The van der Waals surface area contributed by atoms with Crippen molar-refractivity contribution in [2.75, 3.05) is 6.79 Å². The van der Waals surface area contributed by atoms with Gasteiger partial charge in [-0.3, -0.25) is 14.7 Å². The number of β-lactam (4-membered cyclic amide) rings is 1. The van der Waals surface area contributed by atoms with E-state index < -0.39 is 36.3 Å². The van der Waals surface area contributed by atoms with E-state index >= 15 is 0 Å². The molecule has 3 atom stereocenters. The Balaban J connectivity index is 1.41. The van der Waals surface area contributed by atoms with Crippen LogP contribution in [-0.2, 0) is 23.8 Å². The van der Waals surface area contributed by atoms with Crippen molar-refractivity contribution in [3.63, 3.8) is 0 Å². The number of fused-ring (bicyclic) bond motifs is 1. The number of esters is 1. The van der Waals surface area contributed by atoms with Crippen LogP contribution in [0.2, 0.25) is 0 Å². The molecule has 31 heavy (non-hydrogen) atoms. The molecule has 2 aliphatic heterocycles. The molecule has 10 heteroatoms. The zero-order valence-corrected chi connectivity index (χ0v) is 17.9. The summed E-state index contributed by atoms with van der Waals surface area (Å²) in [6.07, 6.45) is 6.05. The quantitative estimate of drug-likeness (QED) is 0.398. The highest BCUT2D eigenvalue weighted by Gasteiger charge is 2.58. The van der Waals surface area contributed by atoms with Crippen LogP contribution >= 0.6 is 11.8 Å². The standard InChI is InChI=1S/C21H24N2O7S/c1-12(24)15-18(25)23-16(17(31-19(15)23)13-6-5-9-22-10-13)20(26)28-11-29-21(27)30-14-7-3-2-4-8-14/h5-6,9-10,12,14-15,19,24H,2-4,7-8,11H2,1H3/t12-,15+,19-/m1/s1. The number of aliphatic hydroxyl groups is 1. The maximum Gasteiger partial charge on any atom is 0.511 e. The summed E-state index contributed by atoms with van der Waals surface area (Å²) >= 11 is 1.30. The lowest BCUT2D eigenvalue weighted by molar-refractivity contribution is -0.162. The molecule has 3 heterocycles. The largest absolute Gasteiger partial charge is 0.511 e. The molecule has 0 bridgehead atoms. The van der Waals surface area contributed by atoms with E-state index in [9.17, 15) is 19.5 Å². The predicted octanol–water partition coefficient (Wildman–Crippen LogP) is 2.65. The maximum absolute atomic E-state index is 12.8. The van der Waals surface area contributed by atoms with Crippen molar-refractivity contribution in [1.29, 1.82) is 0 Å². The Morgan fingerprint density at radius 3 is 2.74 bits per heavy atom. The van der Waals surface area contributed by atoms with Gasteiger partial charge < -0.3 is 19.3 Å². The van der Waals surface area contributed by atoms with Gasteiger partial charge in [-0.1, -0.05) is 24.2 Å². The second-order valence-corrected chi connectivity index (χ2v) is 8.85. The van der Waals surface area contributed by atoms with Gasteiger partial charge in [-0.05, 0) is 38.7 Å². The SMILES string of the molecule is C[C@@H](O)[C@H]1C(=O)N2C(C(=O)OCOC(=O)OC3CCCCC3)=C(c3cccnc3)S[C@H]12. The van der Waals surface area contributed by atoms with Crippen LogP contribution in [0.4, 0.5) is 4.79 Å². The van der Waals surface area contributed by atoms with Crippen molar-refractivity contribution in [1.82, 2.24) is 9.88 Å². The number of amides is 1. The number of carbonyl (C=O) groups excluding carboxylic acids is 3. The minimum absolute atomic E-state index is 0.0640. The molecule has 1 saturated heterocycles. The van der Waals surface area contributed by atoms with Gasteiger partial charge in [0.15, 0.2) is 0 Å². The molecule has 3 aliphatic rings. The van der Waals surface area contributed by atoms with E-state index in [0.717, 1.165) is 32.1 Å². The summed E-state index contributed by atoms with van der Waals surface area (Å²) in [7, 11) is 0. The minimum atomic E-state index is -0.881. The van der Waals surface area contributed by atoms with Crippen molar-refractivity contribution in [3.8, 4) is 0 Å². The van der Waals surface area contributed by atoms with Crippen LogP contribution in [-0.4, -0.2) is 57.4 Å². The van der Waals surface area contributed by atoms with Gasteiger partial charge in [0.2, 0.25) is 12.7 Å². The first-order chi connectivity index (χ1) is 15.0. The van der Waals surface area contributed by atoms with Crippen LogP contribution in [0, 0.1) is 5.92 Å². The smallest absolute Gasteiger partial charge is 0.431 e. The number of nitrogens with zero attached hydrogens (tertiary/aromatic N) is 2. The molecule has 0 unspecified atom stereocenters. The van der Waals surface area contributed by atoms with Crippen LogP contribution in [0.5, 0.6) is 0 Å². The zero-order valence-electron chi connectivity index (χ0n) is 17.1. The first-order valence-electron chi connectivity index (χ1n) is 10.3. The molecule has 0 radical (unpaired) electrons. The first kappa shape index (κ1) is 21.6. The molecule has 1 N–H and O–H groups in total. The number of aliphatic hydroxyl groups excluding tert-OH is 1. The highest BCUT2D eigenvalue weighted by atomic mass is 32.2. The van der Waals surface area contributed by atoms with Gasteiger partial charge in [0.25, 0.3) is 0 Å². The summed E-state index contributed by atoms with van der Waals surface area (Å²) in [5, 5.41) is 9.53. The average Bonchev–Trinajstić information content (AvgIpc) is 3.10. The van der Waals surface area contributed by atoms with E-state index in [2.05, 4.69) is 4.98 Å². The lowest BCUT2D eigenvalue weighted by atomic mass is 9.92. The number of rotatable bonds is 6. The third-order valence-electron chi connectivity index (χ3n) is 5.60. The van der Waals surface area contributed by atoms with Crippen LogP contribution in [0.25, 0.3) is 4.91 Å². The molecule has 0 spiro atoms. The third-order valence-corrected chi connectivity index (χ3v) is 7.01. The van der Waals surface area contributed by atoms with Gasteiger partial charge in [-0.25, -0.2) is 9.59 Å². The number of carbonyl (C=O) groups is 3. The van der Waals surface area contributed by atoms with Crippen LogP contribution < -0.4 is 0 Å². The summed E-state index contributed by atoms with van der Waals surface area (Å²) in [5.41, 5.74) is 0.720. The average molecular weight is 448 g/mol. The second kappa shape index (κ2) is 9.27. The molecule has 1 saturated carbocycles. The Hall–Kier alpha value is -2.59. The number of pyridine rings is 1. The Labute approximate surface area is 183 Å². The van der Waals surface area contributed by atoms with E-state index in [1.807, 2.05) is 0 Å². The molecule has 166 valence electrons. The van der Waals surface area contributed by atoms with E-state index in [0.29, 0.717) is 10.5 Å².